The number of hydrogen-bond acceptors (Lipinski definition) is 1. The van der Waals surface area contributed by atoms with Gasteiger partial charge in [-0.05, 0) is 42.3 Å². The topological polar surface area (TPSA) is 29.1 Å². The van der Waals surface area contributed by atoms with Crippen LogP contribution >= 0.6 is 27.5 Å². The third kappa shape index (κ3) is 3.37. The van der Waals surface area contributed by atoms with Gasteiger partial charge in [-0.3, -0.25) is 4.79 Å². The molecule has 19 heavy (non-hydrogen) atoms. The zero-order chi connectivity index (χ0) is 13.8. The Morgan fingerprint density at radius 2 is 2.00 bits per heavy atom. The fourth-order valence-corrected chi connectivity index (χ4v) is 2.39. The molecule has 2 nitrogen and oxygen atoms in total. The molecule has 0 saturated heterocycles. The highest BCUT2D eigenvalue weighted by Gasteiger charge is 2.10. The quantitative estimate of drug-likeness (QED) is 0.801. The first-order chi connectivity index (χ1) is 9.11. The number of rotatable bonds is 3. The summed E-state index contributed by atoms with van der Waals surface area (Å²) in [6, 6.07) is 12.9. The summed E-state index contributed by atoms with van der Waals surface area (Å²) in [5.41, 5.74) is 3.32. The Kier molecular flexibility index (Phi) is 4.61. The molecule has 0 aliphatic heterocycles. The van der Waals surface area contributed by atoms with Crippen molar-refractivity contribution in [2.75, 3.05) is 5.32 Å². The Bertz CT molecular complexity index is 613. The van der Waals surface area contributed by atoms with Crippen LogP contribution in [0.4, 0.5) is 5.69 Å². The number of carbonyl (C=O) groups excluding carboxylic acids is 1. The van der Waals surface area contributed by atoms with Crippen molar-refractivity contribution in [3.63, 3.8) is 0 Å². The van der Waals surface area contributed by atoms with Crippen LogP contribution in [0.5, 0.6) is 0 Å². The van der Waals surface area contributed by atoms with Gasteiger partial charge in [0.25, 0.3) is 5.91 Å². The number of nitrogens with one attached hydrogen (secondary N) is 1. The average molecular weight is 339 g/mol. The number of halogens is 2. The summed E-state index contributed by atoms with van der Waals surface area (Å²) in [6.45, 7) is 1.91. The van der Waals surface area contributed by atoms with E-state index in [0.717, 1.165) is 16.8 Å². The van der Waals surface area contributed by atoms with Crippen LogP contribution in [0.3, 0.4) is 0 Å². The molecule has 1 amide bonds. The minimum Gasteiger partial charge on any atom is -0.322 e. The van der Waals surface area contributed by atoms with Crippen molar-refractivity contribution in [1.29, 1.82) is 0 Å². The van der Waals surface area contributed by atoms with Crippen LogP contribution in [0.15, 0.2) is 42.5 Å². The van der Waals surface area contributed by atoms with Crippen molar-refractivity contribution in [3.8, 4) is 0 Å². The highest BCUT2D eigenvalue weighted by molar-refractivity contribution is 9.08. The molecule has 2 aromatic carbocycles. The van der Waals surface area contributed by atoms with Gasteiger partial charge >= 0.3 is 0 Å². The highest BCUT2D eigenvalue weighted by atomic mass is 79.9. The van der Waals surface area contributed by atoms with Crippen molar-refractivity contribution in [2.24, 2.45) is 0 Å². The minimum absolute atomic E-state index is 0.114. The van der Waals surface area contributed by atoms with Crippen LogP contribution in [0.1, 0.15) is 21.5 Å². The molecule has 98 valence electrons. The fourth-order valence-electron chi connectivity index (χ4n) is 1.78. The fraction of sp³-hybridized carbons (Fsp3) is 0.133. The zero-order valence-electron chi connectivity index (χ0n) is 10.4. The van der Waals surface area contributed by atoms with Crippen LogP contribution in [0.25, 0.3) is 0 Å². The molecule has 0 saturated carbocycles. The molecule has 0 atom stereocenters. The maximum atomic E-state index is 12.2. The van der Waals surface area contributed by atoms with E-state index in [1.165, 1.54) is 0 Å². The average Bonchev–Trinajstić information content (AvgIpc) is 2.43. The maximum absolute atomic E-state index is 12.2. The lowest BCUT2D eigenvalue weighted by Crippen LogP contribution is -2.13. The lowest BCUT2D eigenvalue weighted by Gasteiger charge is -2.09. The van der Waals surface area contributed by atoms with E-state index in [0.29, 0.717) is 15.9 Å². The monoisotopic (exact) mass is 337 g/mol. The standard InChI is InChI=1S/C15H13BrClNO/c1-10-8-12(6-7-14(10)17)18-15(19)13-5-3-2-4-11(13)9-16/h2-8H,9H2,1H3,(H,18,19). The maximum Gasteiger partial charge on any atom is 0.255 e. The van der Waals surface area contributed by atoms with Gasteiger partial charge in [-0.15, -0.1) is 0 Å². The van der Waals surface area contributed by atoms with Crippen molar-refractivity contribution < 1.29 is 4.79 Å². The van der Waals surface area contributed by atoms with Crippen molar-refractivity contribution >= 4 is 39.1 Å². The van der Waals surface area contributed by atoms with E-state index >= 15 is 0 Å². The molecule has 1 N–H and O–H groups in total. The van der Waals surface area contributed by atoms with E-state index in [9.17, 15) is 4.79 Å². The van der Waals surface area contributed by atoms with Gasteiger partial charge in [0.15, 0.2) is 0 Å². The number of alkyl halides is 1. The molecular formula is C15H13BrClNO. The predicted molar refractivity (Wildman–Crippen MR) is 83.2 cm³/mol. The molecule has 0 aliphatic rings. The van der Waals surface area contributed by atoms with Crippen LogP contribution in [-0.4, -0.2) is 5.91 Å². The molecule has 4 heteroatoms. The summed E-state index contributed by atoms with van der Waals surface area (Å²) in [6.07, 6.45) is 0. The third-order valence-electron chi connectivity index (χ3n) is 2.82. The van der Waals surface area contributed by atoms with Gasteiger partial charge in [-0.25, -0.2) is 0 Å². The summed E-state index contributed by atoms with van der Waals surface area (Å²) >= 11 is 9.35. The summed E-state index contributed by atoms with van der Waals surface area (Å²) in [4.78, 5) is 12.2. The minimum atomic E-state index is -0.114. The Morgan fingerprint density at radius 3 is 2.68 bits per heavy atom. The van der Waals surface area contributed by atoms with Crippen molar-refractivity contribution in [3.05, 3.63) is 64.2 Å². The zero-order valence-corrected chi connectivity index (χ0v) is 12.8. The SMILES string of the molecule is Cc1cc(NC(=O)c2ccccc2CBr)ccc1Cl. The second-order valence-electron chi connectivity index (χ2n) is 4.21. The lowest BCUT2D eigenvalue weighted by atomic mass is 10.1. The van der Waals surface area contributed by atoms with Crippen LogP contribution in [0.2, 0.25) is 5.02 Å². The van der Waals surface area contributed by atoms with Crippen LogP contribution < -0.4 is 5.32 Å². The van der Waals surface area contributed by atoms with E-state index in [4.69, 9.17) is 11.6 Å². The predicted octanol–water partition coefficient (Wildman–Crippen LogP) is 4.80. The Morgan fingerprint density at radius 1 is 1.26 bits per heavy atom. The summed E-state index contributed by atoms with van der Waals surface area (Å²) < 4.78 is 0. The first-order valence-electron chi connectivity index (χ1n) is 5.83. The summed E-state index contributed by atoms with van der Waals surface area (Å²) in [5.74, 6) is -0.114. The van der Waals surface area contributed by atoms with Gasteiger partial charge in [0.2, 0.25) is 0 Å². The molecule has 0 spiro atoms. The third-order valence-corrected chi connectivity index (χ3v) is 3.85. The normalized spacial score (nSPS) is 10.3. The Balaban J connectivity index is 2.23. The molecule has 0 aromatic heterocycles. The molecule has 0 bridgehead atoms. The largest absolute Gasteiger partial charge is 0.322 e. The number of benzene rings is 2. The molecule has 0 heterocycles. The Labute approximate surface area is 125 Å². The lowest BCUT2D eigenvalue weighted by molar-refractivity contribution is 0.102. The molecule has 0 radical (unpaired) electrons. The van der Waals surface area contributed by atoms with Gasteiger partial charge in [-0.2, -0.15) is 0 Å². The van der Waals surface area contributed by atoms with Crippen molar-refractivity contribution in [2.45, 2.75) is 12.3 Å². The van der Waals surface area contributed by atoms with E-state index in [1.54, 1.807) is 12.1 Å². The molecular weight excluding hydrogens is 326 g/mol. The van der Waals surface area contributed by atoms with E-state index in [1.807, 2.05) is 37.3 Å². The smallest absolute Gasteiger partial charge is 0.255 e. The number of aryl methyl sites for hydroxylation is 1. The molecule has 2 rings (SSSR count). The van der Waals surface area contributed by atoms with E-state index in [-0.39, 0.29) is 5.91 Å². The first-order valence-corrected chi connectivity index (χ1v) is 7.33. The molecule has 0 aliphatic carbocycles. The van der Waals surface area contributed by atoms with Crippen LogP contribution in [-0.2, 0) is 5.33 Å². The van der Waals surface area contributed by atoms with Gasteiger partial charge < -0.3 is 5.32 Å². The molecule has 0 unspecified atom stereocenters. The van der Waals surface area contributed by atoms with Gasteiger partial charge in [0, 0.05) is 21.6 Å². The van der Waals surface area contributed by atoms with Gasteiger partial charge in [-0.1, -0.05) is 45.7 Å². The number of carbonyl (C=O) groups is 1. The molecule has 0 fully saturated rings. The summed E-state index contributed by atoms with van der Waals surface area (Å²) in [7, 11) is 0. The van der Waals surface area contributed by atoms with Crippen molar-refractivity contribution in [1.82, 2.24) is 0 Å². The second kappa shape index (κ2) is 6.22. The first kappa shape index (κ1) is 14.1. The van der Waals surface area contributed by atoms with Crippen LogP contribution in [0, 0.1) is 6.92 Å². The van der Waals surface area contributed by atoms with Gasteiger partial charge in [0.1, 0.15) is 0 Å². The molecule has 2 aromatic rings. The van der Waals surface area contributed by atoms with E-state index in [2.05, 4.69) is 21.2 Å². The highest BCUT2D eigenvalue weighted by Crippen LogP contribution is 2.21. The summed E-state index contributed by atoms with van der Waals surface area (Å²) in [5, 5.41) is 4.22. The Hall–Kier alpha value is -1.32. The number of anilines is 1. The second-order valence-corrected chi connectivity index (χ2v) is 5.18. The number of amides is 1. The van der Waals surface area contributed by atoms with E-state index < -0.39 is 0 Å². The number of hydrogen-bond donors (Lipinski definition) is 1. The van der Waals surface area contributed by atoms with Gasteiger partial charge in [0.05, 0.1) is 0 Å².